The van der Waals surface area contributed by atoms with Crippen LogP contribution in [0.3, 0.4) is 0 Å². The fraction of sp³-hybridized carbons (Fsp3) is 0.263. The highest BCUT2D eigenvalue weighted by Gasteiger charge is 2.03. The quantitative estimate of drug-likeness (QED) is 0.869. The van der Waals surface area contributed by atoms with Gasteiger partial charge in [0.1, 0.15) is 19.0 Å². The Balaban J connectivity index is 2.11. The summed E-state index contributed by atoms with van der Waals surface area (Å²) in [5, 5.41) is 8.83. The van der Waals surface area contributed by atoms with Gasteiger partial charge < -0.3 is 9.84 Å². The molecule has 0 saturated heterocycles. The van der Waals surface area contributed by atoms with E-state index in [0.717, 1.165) is 28.9 Å². The van der Waals surface area contributed by atoms with E-state index in [1.54, 1.807) is 0 Å². The second-order valence-corrected chi connectivity index (χ2v) is 4.92. The zero-order valence-corrected chi connectivity index (χ0v) is 12.5. The fourth-order valence-corrected chi connectivity index (χ4v) is 2.03. The maximum atomic E-state index is 8.83. The molecule has 2 aromatic rings. The van der Waals surface area contributed by atoms with Gasteiger partial charge in [0, 0.05) is 0 Å². The van der Waals surface area contributed by atoms with Gasteiger partial charge in [-0.15, -0.1) is 0 Å². The molecule has 1 N–H and O–H groups in total. The SMILES string of the molecule is CCc1ccc(COc2ccc(C)cc2C#CCO)cc1. The largest absolute Gasteiger partial charge is 0.488 e. The minimum atomic E-state index is -0.147. The monoisotopic (exact) mass is 280 g/mol. The third kappa shape index (κ3) is 4.37. The summed E-state index contributed by atoms with van der Waals surface area (Å²) in [7, 11) is 0. The minimum absolute atomic E-state index is 0.147. The van der Waals surface area contributed by atoms with Crippen molar-refractivity contribution < 1.29 is 9.84 Å². The molecule has 108 valence electrons. The third-order valence-corrected chi connectivity index (χ3v) is 3.26. The first-order valence-corrected chi connectivity index (χ1v) is 7.14. The lowest BCUT2D eigenvalue weighted by molar-refractivity contribution is 0.305. The molecule has 0 aliphatic heterocycles. The van der Waals surface area contributed by atoms with Gasteiger partial charge in [0.2, 0.25) is 0 Å². The molecule has 0 bridgehead atoms. The summed E-state index contributed by atoms with van der Waals surface area (Å²) in [6, 6.07) is 14.3. The van der Waals surface area contributed by atoms with Gasteiger partial charge in [-0.1, -0.05) is 49.1 Å². The summed E-state index contributed by atoms with van der Waals surface area (Å²) < 4.78 is 5.86. The number of hydrogen-bond acceptors (Lipinski definition) is 2. The van der Waals surface area contributed by atoms with Crippen LogP contribution in [0.25, 0.3) is 0 Å². The summed E-state index contributed by atoms with van der Waals surface area (Å²) >= 11 is 0. The Labute approximate surface area is 126 Å². The van der Waals surface area contributed by atoms with Gasteiger partial charge in [-0.3, -0.25) is 0 Å². The van der Waals surface area contributed by atoms with E-state index in [1.807, 2.05) is 25.1 Å². The Morgan fingerprint density at radius 1 is 1.05 bits per heavy atom. The van der Waals surface area contributed by atoms with E-state index in [2.05, 4.69) is 43.0 Å². The Hall–Kier alpha value is -2.24. The summed E-state index contributed by atoms with van der Waals surface area (Å²) in [6.45, 7) is 4.52. The van der Waals surface area contributed by atoms with Crippen molar-refractivity contribution in [1.29, 1.82) is 0 Å². The lowest BCUT2D eigenvalue weighted by atomic mass is 10.1. The molecule has 2 heteroatoms. The van der Waals surface area contributed by atoms with Crippen molar-refractivity contribution >= 4 is 0 Å². The molecule has 0 aliphatic rings. The second-order valence-electron chi connectivity index (χ2n) is 4.92. The molecule has 2 rings (SSSR count). The topological polar surface area (TPSA) is 29.5 Å². The first-order valence-electron chi connectivity index (χ1n) is 7.14. The van der Waals surface area contributed by atoms with Gasteiger partial charge in [-0.2, -0.15) is 0 Å². The van der Waals surface area contributed by atoms with Crippen LogP contribution in [0, 0.1) is 18.8 Å². The van der Waals surface area contributed by atoms with Crippen LogP contribution < -0.4 is 4.74 Å². The molecule has 21 heavy (non-hydrogen) atoms. The lowest BCUT2D eigenvalue weighted by Gasteiger charge is -2.09. The first kappa shape index (κ1) is 15.2. The van der Waals surface area contributed by atoms with Gasteiger partial charge in [-0.05, 0) is 42.2 Å². The predicted molar refractivity (Wildman–Crippen MR) is 85.3 cm³/mol. The summed E-state index contributed by atoms with van der Waals surface area (Å²) in [5.41, 5.74) is 4.39. The van der Waals surface area contributed by atoms with Gasteiger partial charge >= 0.3 is 0 Å². The predicted octanol–water partition coefficient (Wildman–Crippen LogP) is 3.48. The number of rotatable bonds is 4. The van der Waals surface area contributed by atoms with E-state index in [9.17, 15) is 0 Å². The highest BCUT2D eigenvalue weighted by Crippen LogP contribution is 2.20. The normalized spacial score (nSPS) is 9.86. The Morgan fingerprint density at radius 3 is 2.43 bits per heavy atom. The van der Waals surface area contributed by atoms with Gasteiger partial charge in [0.15, 0.2) is 0 Å². The molecule has 2 nitrogen and oxygen atoms in total. The van der Waals surface area contributed by atoms with Crippen LogP contribution in [0.4, 0.5) is 0 Å². The molecule has 0 spiro atoms. The number of ether oxygens (including phenoxy) is 1. The van der Waals surface area contributed by atoms with Crippen LogP contribution in [0.15, 0.2) is 42.5 Å². The third-order valence-electron chi connectivity index (χ3n) is 3.26. The molecule has 0 fully saturated rings. The standard InChI is InChI=1S/C19H20O2/c1-3-16-7-9-17(10-8-16)14-21-19-11-6-15(2)13-18(19)5-4-12-20/h6-11,13,20H,3,12,14H2,1-2H3. The molecular weight excluding hydrogens is 260 g/mol. The van der Waals surface area contributed by atoms with Crippen LogP contribution >= 0.6 is 0 Å². The van der Waals surface area contributed by atoms with Gasteiger partial charge in [-0.25, -0.2) is 0 Å². The molecule has 0 atom stereocenters. The minimum Gasteiger partial charge on any atom is -0.488 e. The smallest absolute Gasteiger partial charge is 0.135 e. The van der Waals surface area contributed by atoms with Crippen molar-refractivity contribution in [2.24, 2.45) is 0 Å². The van der Waals surface area contributed by atoms with Crippen LogP contribution in [-0.4, -0.2) is 11.7 Å². The first-order chi connectivity index (χ1) is 10.2. The zero-order chi connectivity index (χ0) is 15.1. The van der Waals surface area contributed by atoms with Crippen molar-refractivity contribution in [2.75, 3.05) is 6.61 Å². The van der Waals surface area contributed by atoms with Crippen molar-refractivity contribution in [2.45, 2.75) is 26.9 Å². The second kappa shape index (κ2) is 7.52. The van der Waals surface area contributed by atoms with Gasteiger partial charge in [0.05, 0.1) is 5.56 Å². The molecule has 0 radical (unpaired) electrons. The molecule has 0 aliphatic carbocycles. The fourth-order valence-electron chi connectivity index (χ4n) is 2.03. The molecule has 0 aromatic heterocycles. The van der Waals surface area contributed by atoms with Gasteiger partial charge in [0.25, 0.3) is 0 Å². The van der Waals surface area contributed by atoms with E-state index in [-0.39, 0.29) is 6.61 Å². The molecule has 0 heterocycles. The average molecular weight is 280 g/mol. The van der Waals surface area contributed by atoms with Crippen LogP contribution in [0.5, 0.6) is 5.75 Å². The van der Waals surface area contributed by atoms with Crippen LogP contribution in [-0.2, 0) is 13.0 Å². The van der Waals surface area contributed by atoms with E-state index in [0.29, 0.717) is 6.61 Å². The molecule has 2 aromatic carbocycles. The maximum Gasteiger partial charge on any atom is 0.135 e. The van der Waals surface area contributed by atoms with E-state index in [4.69, 9.17) is 9.84 Å². The number of aliphatic hydroxyl groups excluding tert-OH is 1. The number of hydrogen-bond donors (Lipinski definition) is 1. The van der Waals surface area contributed by atoms with Crippen LogP contribution in [0.2, 0.25) is 0 Å². The molecule has 0 amide bonds. The van der Waals surface area contributed by atoms with Crippen molar-refractivity contribution in [3.63, 3.8) is 0 Å². The molecule has 0 unspecified atom stereocenters. The average Bonchev–Trinajstić information content (AvgIpc) is 2.52. The highest BCUT2D eigenvalue weighted by atomic mass is 16.5. The summed E-state index contributed by atoms with van der Waals surface area (Å²) in [4.78, 5) is 0. The lowest BCUT2D eigenvalue weighted by Crippen LogP contribution is -1.98. The Kier molecular flexibility index (Phi) is 5.43. The van der Waals surface area contributed by atoms with Crippen molar-refractivity contribution in [3.05, 3.63) is 64.7 Å². The molecular formula is C19H20O2. The van der Waals surface area contributed by atoms with Crippen molar-refractivity contribution in [3.8, 4) is 17.6 Å². The Bertz CT molecular complexity index is 646. The maximum absolute atomic E-state index is 8.83. The molecule has 0 saturated carbocycles. The summed E-state index contributed by atoms with van der Waals surface area (Å²) in [6.07, 6.45) is 1.04. The number of aryl methyl sites for hydroxylation is 2. The van der Waals surface area contributed by atoms with E-state index < -0.39 is 0 Å². The van der Waals surface area contributed by atoms with E-state index >= 15 is 0 Å². The number of benzene rings is 2. The zero-order valence-electron chi connectivity index (χ0n) is 12.5. The Morgan fingerprint density at radius 2 is 1.76 bits per heavy atom. The highest BCUT2D eigenvalue weighted by molar-refractivity contribution is 5.48. The summed E-state index contributed by atoms with van der Waals surface area (Å²) in [5.74, 6) is 6.36. The van der Waals surface area contributed by atoms with Crippen LogP contribution in [0.1, 0.15) is 29.2 Å². The van der Waals surface area contributed by atoms with Crippen molar-refractivity contribution in [1.82, 2.24) is 0 Å². The number of aliphatic hydroxyl groups is 1. The van der Waals surface area contributed by atoms with E-state index in [1.165, 1.54) is 5.56 Å².